The second-order valence-corrected chi connectivity index (χ2v) is 2.98. The molecule has 3 amide bonds. The van der Waals surface area contributed by atoms with Gasteiger partial charge in [-0.25, -0.2) is 9.59 Å². The molecule has 0 aromatic heterocycles. The van der Waals surface area contributed by atoms with Crippen LogP contribution in [0, 0.1) is 0 Å². The summed E-state index contributed by atoms with van der Waals surface area (Å²) in [5.41, 5.74) is 0. The summed E-state index contributed by atoms with van der Waals surface area (Å²) < 4.78 is 8.72. The zero-order chi connectivity index (χ0) is 13.1. The summed E-state index contributed by atoms with van der Waals surface area (Å²) >= 11 is 0. The van der Waals surface area contributed by atoms with Gasteiger partial charge >= 0.3 is 12.2 Å². The number of methoxy groups -OCH3 is 2. The molecule has 0 aliphatic carbocycles. The van der Waals surface area contributed by atoms with Gasteiger partial charge in [0.2, 0.25) is 6.41 Å². The molecule has 0 bridgehead atoms. The van der Waals surface area contributed by atoms with Crippen LogP contribution in [-0.2, 0) is 14.3 Å². The number of carbonyl (C=O) groups excluding carboxylic acids is 3. The number of carbonyl (C=O) groups is 3. The lowest BCUT2D eigenvalue weighted by atomic mass is 10.5. The van der Waals surface area contributed by atoms with E-state index in [4.69, 9.17) is 0 Å². The predicted octanol–water partition coefficient (Wildman–Crippen LogP) is -0.843. The number of nitrogens with one attached hydrogen (secondary N) is 2. The van der Waals surface area contributed by atoms with E-state index in [-0.39, 0.29) is 13.1 Å². The summed E-state index contributed by atoms with van der Waals surface area (Å²) in [5, 5.41) is 4.87. The van der Waals surface area contributed by atoms with Crippen LogP contribution in [0.1, 0.15) is 0 Å². The van der Waals surface area contributed by atoms with E-state index in [9.17, 15) is 14.4 Å². The summed E-state index contributed by atoms with van der Waals surface area (Å²) in [7, 11) is 2.51. The number of nitrogens with zero attached hydrogens (tertiary/aromatic N) is 1. The Morgan fingerprint density at radius 2 is 1.47 bits per heavy atom. The fraction of sp³-hybridized carbons (Fsp3) is 0.667. The van der Waals surface area contributed by atoms with Gasteiger partial charge in [-0.05, 0) is 0 Å². The Morgan fingerprint density at radius 1 is 1.06 bits per heavy atom. The molecule has 8 nitrogen and oxygen atoms in total. The Bertz CT molecular complexity index is 237. The van der Waals surface area contributed by atoms with Gasteiger partial charge in [-0.15, -0.1) is 0 Å². The molecule has 0 saturated carbocycles. The van der Waals surface area contributed by atoms with Crippen LogP contribution in [0.25, 0.3) is 0 Å². The largest absolute Gasteiger partial charge is 0.453 e. The van der Waals surface area contributed by atoms with Crippen LogP contribution < -0.4 is 10.6 Å². The van der Waals surface area contributed by atoms with Crippen molar-refractivity contribution in [2.75, 3.05) is 40.4 Å². The van der Waals surface area contributed by atoms with Crippen molar-refractivity contribution in [3.63, 3.8) is 0 Å². The highest BCUT2D eigenvalue weighted by molar-refractivity contribution is 5.67. The molecule has 98 valence electrons. The Morgan fingerprint density at radius 3 is 1.76 bits per heavy atom. The summed E-state index contributed by atoms with van der Waals surface area (Å²) in [5.74, 6) is 0. The highest BCUT2D eigenvalue weighted by Gasteiger charge is 2.04. The Balaban J connectivity index is 3.66. The zero-order valence-electron chi connectivity index (χ0n) is 9.89. The van der Waals surface area contributed by atoms with Gasteiger partial charge in [0.15, 0.2) is 0 Å². The maximum atomic E-state index is 10.7. The lowest BCUT2D eigenvalue weighted by Crippen LogP contribution is -2.38. The van der Waals surface area contributed by atoms with Crippen LogP contribution in [0.4, 0.5) is 9.59 Å². The van der Waals surface area contributed by atoms with E-state index in [1.807, 2.05) is 0 Å². The van der Waals surface area contributed by atoms with Crippen LogP contribution in [0.2, 0.25) is 0 Å². The molecule has 0 heterocycles. The highest BCUT2D eigenvalue weighted by Crippen LogP contribution is 1.82. The Kier molecular flexibility index (Phi) is 8.17. The summed E-state index contributed by atoms with van der Waals surface area (Å²) in [4.78, 5) is 33.5. The highest BCUT2D eigenvalue weighted by atomic mass is 16.5. The number of alkyl carbamates (subject to hydrolysis) is 2. The lowest BCUT2D eigenvalue weighted by molar-refractivity contribution is -0.118. The molecule has 0 radical (unpaired) electrons. The molecule has 8 heteroatoms. The third kappa shape index (κ3) is 7.88. The van der Waals surface area contributed by atoms with Crippen molar-refractivity contribution < 1.29 is 23.9 Å². The molecule has 0 aliphatic heterocycles. The third-order valence-electron chi connectivity index (χ3n) is 1.86. The SMILES string of the molecule is COC(=O)NCCN(C=O)CCNC(=O)OC. The minimum absolute atomic E-state index is 0.281. The molecule has 0 spiro atoms. The van der Waals surface area contributed by atoms with Crippen LogP contribution in [-0.4, -0.2) is 63.9 Å². The van der Waals surface area contributed by atoms with Crippen molar-refractivity contribution >= 4 is 18.6 Å². The zero-order valence-corrected chi connectivity index (χ0v) is 9.89. The van der Waals surface area contributed by atoms with Gasteiger partial charge in [0.1, 0.15) is 0 Å². The number of hydrogen-bond acceptors (Lipinski definition) is 5. The number of rotatable bonds is 7. The van der Waals surface area contributed by atoms with Crippen molar-refractivity contribution in [3.05, 3.63) is 0 Å². The molecule has 0 rings (SSSR count). The maximum absolute atomic E-state index is 10.7. The molecule has 0 fully saturated rings. The topological polar surface area (TPSA) is 97.0 Å². The van der Waals surface area contributed by atoms with Gasteiger partial charge < -0.3 is 25.0 Å². The summed E-state index contributed by atoms with van der Waals surface area (Å²) in [6, 6.07) is 0. The van der Waals surface area contributed by atoms with E-state index in [0.29, 0.717) is 19.5 Å². The van der Waals surface area contributed by atoms with Crippen LogP contribution in [0.15, 0.2) is 0 Å². The molecule has 0 saturated heterocycles. The monoisotopic (exact) mass is 247 g/mol. The van der Waals surface area contributed by atoms with Crippen molar-refractivity contribution in [2.24, 2.45) is 0 Å². The predicted molar refractivity (Wildman–Crippen MR) is 58.5 cm³/mol. The van der Waals surface area contributed by atoms with Gasteiger partial charge in [-0.2, -0.15) is 0 Å². The average molecular weight is 247 g/mol. The molecule has 0 aromatic carbocycles. The minimum atomic E-state index is -0.552. The Hall–Kier alpha value is -1.99. The van der Waals surface area contributed by atoms with Crippen molar-refractivity contribution in [2.45, 2.75) is 0 Å². The van der Waals surface area contributed by atoms with Crippen molar-refractivity contribution in [1.29, 1.82) is 0 Å². The third-order valence-corrected chi connectivity index (χ3v) is 1.86. The van der Waals surface area contributed by atoms with Gasteiger partial charge in [-0.3, -0.25) is 4.79 Å². The first kappa shape index (κ1) is 15.0. The summed E-state index contributed by atoms with van der Waals surface area (Å²) in [6.07, 6.45) is -0.468. The molecule has 0 aromatic rings. The molecular weight excluding hydrogens is 230 g/mol. The van der Waals surface area contributed by atoms with Gasteiger partial charge in [0.25, 0.3) is 0 Å². The fourth-order valence-corrected chi connectivity index (χ4v) is 0.965. The lowest BCUT2D eigenvalue weighted by Gasteiger charge is -2.17. The Labute approximate surface area is 99.2 Å². The normalized spacial score (nSPS) is 9.06. The van der Waals surface area contributed by atoms with E-state index in [2.05, 4.69) is 20.1 Å². The standard InChI is InChI=1S/C9H17N3O5/c1-16-8(14)10-3-5-12(7-13)6-4-11-9(15)17-2/h7H,3-6H2,1-2H3,(H,10,14)(H,11,15). The van der Waals surface area contributed by atoms with Gasteiger partial charge in [0, 0.05) is 26.2 Å². The minimum Gasteiger partial charge on any atom is -0.453 e. The average Bonchev–Trinajstić information content (AvgIpc) is 2.36. The first-order chi connectivity index (χ1) is 8.13. The molecule has 0 atom stereocenters. The fourth-order valence-electron chi connectivity index (χ4n) is 0.965. The van der Waals surface area contributed by atoms with Gasteiger partial charge in [-0.1, -0.05) is 0 Å². The van der Waals surface area contributed by atoms with Gasteiger partial charge in [0.05, 0.1) is 14.2 Å². The molecular formula is C9H17N3O5. The number of amides is 3. The van der Waals surface area contributed by atoms with E-state index in [0.717, 1.165) is 0 Å². The van der Waals surface area contributed by atoms with Crippen molar-refractivity contribution in [3.8, 4) is 0 Å². The first-order valence-corrected chi connectivity index (χ1v) is 4.97. The van der Waals surface area contributed by atoms with Crippen molar-refractivity contribution in [1.82, 2.24) is 15.5 Å². The molecule has 17 heavy (non-hydrogen) atoms. The molecule has 0 aliphatic rings. The number of ether oxygens (including phenoxy) is 2. The second kappa shape index (κ2) is 9.25. The molecule has 2 N–H and O–H groups in total. The second-order valence-electron chi connectivity index (χ2n) is 2.98. The smallest absolute Gasteiger partial charge is 0.406 e. The van der Waals surface area contributed by atoms with E-state index < -0.39 is 12.2 Å². The van der Waals surface area contributed by atoms with Crippen LogP contribution in [0.5, 0.6) is 0 Å². The quantitative estimate of drug-likeness (QED) is 0.571. The number of hydrogen-bond donors (Lipinski definition) is 2. The van der Waals surface area contributed by atoms with E-state index >= 15 is 0 Å². The van der Waals surface area contributed by atoms with Crippen LogP contribution >= 0.6 is 0 Å². The van der Waals surface area contributed by atoms with E-state index in [1.54, 1.807) is 0 Å². The molecule has 0 unspecified atom stereocenters. The first-order valence-electron chi connectivity index (χ1n) is 4.97. The maximum Gasteiger partial charge on any atom is 0.406 e. The van der Waals surface area contributed by atoms with E-state index in [1.165, 1.54) is 19.1 Å². The van der Waals surface area contributed by atoms with Crippen LogP contribution in [0.3, 0.4) is 0 Å². The summed E-state index contributed by atoms with van der Waals surface area (Å²) in [6.45, 7) is 1.23.